The molecule has 0 bridgehead atoms. The van der Waals surface area contributed by atoms with Gasteiger partial charge in [-0.2, -0.15) is 0 Å². The van der Waals surface area contributed by atoms with E-state index in [0.717, 1.165) is 48.2 Å². The van der Waals surface area contributed by atoms with E-state index in [4.69, 9.17) is 9.97 Å². The molecule has 2 fully saturated rings. The number of fused-ring (bicyclic) bond motifs is 1. The lowest BCUT2D eigenvalue weighted by molar-refractivity contribution is 0.370. The Labute approximate surface area is 203 Å². The Kier molecular flexibility index (Phi) is 5.56. The van der Waals surface area contributed by atoms with Crippen molar-refractivity contribution in [1.29, 1.82) is 0 Å². The van der Waals surface area contributed by atoms with Gasteiger partial charge < -0.3 is 10.2 Å². The first-order chi connectivity index (χ1) is 17.0. The average Bonchev–Trinajstić information content (AvgIpc) is 3.68. The maximum absolute atomic E-state index is 14.5. The summed E-state index contributed by atoms with van der Waals surface area (Å²) in [5.74, 6) is 1.49. The molecule has 1 saturated heterocycles. The molecule has 1 aliphatic heterocycles. The second-order valence-corrected chi connectivity index (χ2v) is 9.97. The molecule has 1 unspecified atom stereocenters. The van der Waals surface area contributed by atoms with E-state index in [2.05, 4.69) is 34.0 Å². The van der Waals surface area contributed by atoms with Crippen molar-refractivity contribution in [2.75, 3.05) is 18.0 Å². The smallest absolute Gasteiger partial charge is 0.162 e. The molecule has 3 atom stereocenters. The van der Waals surface area contributed by atoms with Crippen molar-refractivity contribution in [2.24, 2.45) is 0 Å². The molecule has 3 aromatic rings. The Morgan fingerprint density at radius 1 is 1.09 bits per heavy atom. The van der Waals surface area contributed by atoms with Gasteiger partial charge in [0.05, 0.1) is 17.4 Å². The maximum Gasteiger partial charge on any atom is 0.162 e. The fraction of sp³-hybridized carbons (Fsp3) is 0.407. The molecular formula is C27H28F2N6. The Bertz CT molecular complexity index is 1340. The predicted molar refractivity (Wildman–Crippen MR) is 133 cm³/mol. The second-order valence-electron chi connectivity index (χ2n) is 9.97. The zero-order valence-electron chi connectivity index (χ0n) is 19.9. The molecule has 3 aromatic heterocycles. The number of piperazine rings is 1. The van der Waals surface area contributed by atoms with E-state index in [1.807, 2.05) is 12.3 Å². The second kappa shape index (κ2) is 8.75. The SMILES string of the molecule is C[C@@H]1CN(c2nc(-c3ccnc(C4=C(F)CC(F)C=C4)c3)nc3cncc(C4CC4)c23)C[C@H](C)N1. The highest BCUT2D eigenvalue weighted by atomic mass is 19.1. The molecule has 6 nitrogen and oxygen atoms in total. The highest BCUT2D eigenvalue weighted by Crippen LogP contribution is 2.45. The van der Waals surface area contributed by atoms with Gasteiger partial charge in [-0.25, -0.2) is 18.7 Å². The van der Waals surface area contributed by atoms with E-state index >= 15 is 0 Å². The van der Waals surface area contributed by atoms with Crippen molar-refractivity contribution in [1.82, 2.24) is 25.3 Å². The molecule has 0 amide bonds. The first-order valence-corrected chi connectivity index (χ1v) is 12.3. The number of nitrogens with zero attached hydrogens (tertiary/aromatic N) is 5. The van der Waals surface area contributed by atoms with Gasteiger partial charge in [-0.05, 0) is 56.4 Å². The number of pyridine rings is 2. The van der Waals surface area contributed by atoms with Crippen LogP contribution in [0, 0.1) is 0 Å². The molecule has 1 N–H and O–H groups in total. The standard InChI is InChI=1S/C27H28F2N6/c1-15-13-35(14-16(2)32-15)27-25-21(17-3-4-17)11-30-12-24(25)33-26(34-27)18-7-8-31-23(9-18)20-6-5-19(28)10-22(20)29/h5-9,11-12,15-17,19,32H,3-4,10,13-14H2,1-2H3/t15-,16+,19?. The predicted octanol–water partition coefficient (Wildman–Crippen LogP) is 5.13. The van der Waals surface area contributed by atoms with Crippen molar-refractivity contribution in [3.8, 4) is 11.4 Å². The summed E-state index contributed by atoms with van der Waals surface area (Å²) in [7, 11) is 0. The highest BCUT2D eigenvalue weighted by molar-refractivity contribution is 5.94. The lowest BCUT2D eigenvalue weighted by atomic mass is 10.0. The largest absolute Gasteiger partial charge is 0.353 e. The molecule has 0 radical (unpaired) electrons. The van der Waals surface area contributed by atoms with Crippen molar-refractivity contribution < 1.29 is 8.78 Å². The summed E-state index contributed by atoms with van der Waals surface area (Å²) in [6.45, 7) is 6.06. The van der Waals surface area contributed by atoms with Gasteiger partial charge in [0.1, 0.15) is 17.8 Å². The van der Waals surface area contributed by atoms with Crippen LogP contribution in [-0.4, -0.2) is 51.3 Å². The summed E-state index contributed by atoms with van der Waals surface area (Å²) in [6, 6.07) is 4.28. The molecular weight excluding hydrogens is 446 g/mol. The van der Waals surface area contributed by atoms with Crippen molar-refractivity contribution in [3.63, 3.8) is 0 Å². The van der Waals surface area contributed by atoms with Crippen LogP contribution in [0.2, 0.25) is 0 Å². The number of halogens is 2. The number of rotatable bonds is 4. The Morgan fingerprint density at radius 2 is 1.89 bits per heavy atom. The van der Waals surface area contributed by atoms with Crippen molar-refractivity contribution >= 4 is 22.3 Å². The first kappa shape index (κ1) is 22.2. The summed E-state index contributed by atoms with van der Waals surface area (Å²) >= 11 is 0. The number of allylic oxidation sites excluding steroid dienone is 4. The topological polar surface area (TPSA) is 66.8 Å². The van der Waals surface area contributed by atoms with Gasteiger partial charge in [-0.15, -0.1) is 0 Å². The molecule has 180 valence electrons. The van der Waals surface area contributed by atoms with E-state index in [9.17, 15) is 8.78 Å². The Morgan fingerprint density at radius 3 is 2.63 bits per heavy atom. The minimum absolute atomic E-state index is 0.261. The van der Waals surface area contributed by atoms with Crippen LogP contribution in [0.3, 0.4) is 0 Å². The molecule has 6 rings (SSSR count). The average molecular weight is 475 g/mol. The summed E-state index contributed by atoms with van der Waals surface area (Å²) < 4.78 is 28.1. The zero-order chi connectivity index (χ0) is 24.1. The van der Waals surface area contributed by atoms with Gasteiger partial charge in [-0.3, -0.25) is 9.97 Å². The summed E-state index contributed by atoms with van der Waals surface area (Å²) in [6.07, 6.45) is 9.01. The van der Waals surface area contributed by atoms with Crippen LogP contribution >= 0.6 is 0 Å². The van der Waals surface area contributed by atoms with E-state index in [1.54, 1.807) is 18.5 Å². The monoisotopic (exact) mass is 474 g/mol. The van der Waals surface area contributed by atoms with Gasteiger partial charge in [0, 0.05) is 60.5 Å². The van der Waals surface area contributed by atoms with Crippen LogP contribution in [0.25, 0.3) is 27.9 Å². The number of alkyl halides is 1. The van der Waals surface area contributed by atoms with Crippen LogP contribution in [0.15, 0.2) is 48.7 Å². The van der Waals surface area contributed by atoms with Crippen molar-refractivity contribution in [3.05, 3.63) is 60.0 Å². The quantitative estimate of drug-likeness (QED) is 0.566. The molecule has 35 heavy (non-hydrogen) atoms. The van der Waals surface area contributed by atoms with Gasteiger partial charge in [0.2, 0.25) is 0 Å². The lowest BCUT2D eigenvalue weighted by Crippen LogP contribution is -2.54. The molecule has 3 aliphatic rings. The van der Waals surface area contributed by atoms with E-state index in [1.165, 1.54) is 17.7 Å². The fourth-order valence-electron chi connectivity index (χ4n) is 5.23. The van der Waals surface area contributed by atoms with E-state index in [-0.39, 0.29) is 6.42 Å². The van der Waals surface area contributed by atoms with Crippen LogP contribution < -0.4 is 10.2 Å². The summed E-state index contributed by atoms with van der Waals surface area (Å²) in [5, 5.41) is 4.68. The van der Waals surface area contributed by atoms with Gasteiger partial charge in [-0.1, -0.05) is 6.08 Å². The third-order valence-corrected chi connectivity index (χ3v) is 6.92. The zero-order valence-corrected chi connectivity index (χ0v) is 19.9. The number of nitrogens with one attached hydrogen (secondary N) is 1. The third-order valence-electron chi connectivity index (χ3n) is 6.92. The molecule has 4 heterocycles. The normalized spacial score (nSPS) is 24.9. The molecule has 0 aromatic carbocycles. The van der Waals surface area contributed by atoms with Gasteiger partial charge in [0.15, 0.2) is 5.82 Å². The minimum Gasteiger partial charge on any atom is -0.353 e. The van der Waals surface area contributed by atoms with Crippen LogP contribution in [0.4, 0.5) is 14.6 Å². The van der Waals surface area contributed by atoms with E-state index < -0.39 is 12.0 Å². The van der Waals surface area contributed by atoms with Crippen LogP contribution in [0.1, 0.15) is 50.3 Å². The number of anilines is 1. The van der Waals surface area contributed by atoms with Crippen molar-refractivity contribution in [2.45, 2.75) is 57.3 Å². The van der Waals surface area contributed by atoms with Crippen LogP contribution in [-0.2, 0) is 0 Å². The molecule has 8 heteroatoms. The summed E-state index contributed by atoms with van der Waals surface area (Å²) in [5.41, 5.74) is 3.53. The molecule has 2 aliphatic carbocycles. The Hall–Kier alpha value is -3.26. The van der Waals surface area contributed by atoms with Crippen LogP contribution in [0.5, 0.6) is 0 Å². The van der Waals surface area contributed by atoms with Gasteiger partial charge in [0.25, 0.3) is 0 Å². The fourth-order valence-corrected chi connectivity index (χ4v) is 5.23. The highest BCUT2D eigenvalue weighted by Gasteiger charge is 2.31. The Balaban J connectivity index is 1.49. The van der Waals surface area contributed by atoms with Gasteiger partial charge >= 0.3 is 0 Å². The third kappa shape index (κ3) is 4.31. The number of aromatic nitrogens is 4. The minimum atomic E-state index is -1.30. The number of hydrogen-bond donors (Lipinski definition) is 1. The molecule has 0 spiro atoms. The van der Waals surface area contributed by atoms with E-state index in [0.29, 0.717) is 35.1 Å². The summed E-state index contributed by atoms with van der Waals surface area (Å²) in [4.78, 5) is 21.2. The first-order valence-electron chi connectivity index (χ1n) is 12.3. The molecule has 1 saturated carbocycles. The lowest BCUT2D eigenvalue weighted by Gasteiger charge is -2.37. The maximum atomic E-state index is 14.5. The number of hydrogen-bond acceptors (Lipinski definition) is 6.